The first kappa shape index (κ1) is 32.9. The standard InChI is InChI=1S/C35H43F3N8O4/c1-18-28-24-10-8-21(46(24)33(47)50-34(2,3)4)16-45(28)29-25-27(40-32(42-29)48-17-35-11-6-12-44(35)15-19(36)14-35)26(38)30(41-31(25)49-18)43(5)20-7-9-22(37)23(39)13-20/h7,9,13,18-19,21,24,28H,6,8,10-12,14-17,39H2,1-5H3/t18-,19+,21+,24-,28+,35?/m0/s1. The molecule has 5 aliphatic heterocycles. The Balaban J connectivity index is 1.24. The van der Waals surface area contributed by atoms with Gasteiger partial charge < -0.3 is 29.7 Å². The van der Waals surface area contributed by atoms with E-state index in [4.69, 9.17) is 24.9 Å². The van der Waals surface area contributed by atoms with Gasteiger partial charge in [-0.15, -0.1) is 0 Å². The number of nitrogen functional groups attached to an aromatic ring is 1. The molecule has 6 atom stereocenters. The molecule has 1 amide bonds. The number of fused-ring (bicyclic) bond motifs is 6. The Morgan fingerprint density at radius 2 is 1.98 bits per heavy atom. The highest BCUT2D eigenvalue weighted by molar-refractivity contribution is 5.97. The number of hydrogen-bond donors (Lipinski definition) is 1. The van der Waals surface area contributed by atoms with Gasteiger partial charge in [0.25, 0.3) is 0 Å². The normalized spacial score (nSPS) is 28.7. The lowest BCUT2D eigenvalue weighted by molar-refractivity contribution is 0.000937. The lowest BCUT2D eigenvalue weighted by Crippen LogP contribution is -2.65. The predicted octanol–water partition coefficient (Wildman–Crippen LogP) is 5.35. The molecule has 0 saturated carbocycles. The van der Waals surface area contributed by atoms with Crippen molar-refractivity contribution in [3.63, 3.8) is 0 Å². The number of alkyl halides is 1. The van der Waals surface area contributed by atoms with Gasteiger partial charge in [-0.2, -0.15) is 15.0 Å². The largest absolute Gasteiger partial charge is 0.472 e. The zero-order valence-corrected chi connectivity index (χ0v) is 29.0. The van der Waals surface area contributed by atoms with Crippen LogP contribution in [0.5, 0.6) is 11.9 Å². The summed E-state index contributed by atoms with van der Waals surface area (Å²) < 4.78 is 64.3. The van der Waals surface area contributed by atoms with Gasteiger partial charge in [0.1, 0.15) is 47.0 Å². The Morgan fingerprint density at radius 3 is 2.74 bits per heavy atom. The molecule has 268 valence electrons. The maximum absolute atomic E-state index is 16.9. The minimum absolute atomic E-state index is 0.0399. The molecular weight excluding hydrogens is 653 g/mol. The number of piperazine rings is 1. The van der Waals surface area contributed by atoms with Gasteiger partial charge in [-0.05, 0) is 78.1 Å². The number of carbonyl (C=O) groups is 1. The predicted molar refractivity (Wildman–Crippen MR) is 181 cm³/mol. The van der Waals surface area contributed by atoms with Crippen molar-refractivity contribution in [3.05, 3.63) is 29.8 Å². The van der Waals surface area contributed by atoms with Gasteiger partial charge in [-0.25, -0.2) is 18.0 Å². The molecular formula is C35H43F3N8O4. The molecule has 2 bridgehead atoms. The van der Waals surface area contributed by atoms with Crippen molar-refractivity contribution in [2.75, 3.05) is 48.8 Å². The van der Waals surface area contributed by atoms with E-state index in [1.54, 1.807) is 7.05 Å². The third kappa shape index (κ3) is 5.30. The molecule has 12 nitrogen and oxygen atoms in total. The van der Waals surface area contributed by atoms with Gasteiger partial charge in [-0.1, -0.05) is 0 Å². The zero-order chi connectivity index (χ0) is 35.3. The van der Waals surface area contributed by atoms with E-state index in [2.05, 4.69) is 19.8 Å². The van der Waals surface area contributed by atoms with Crippen molar-refractivity contribution >= 4 is 40.0 Å². The van der Waals surface area contributed by atoms with E-state index < -0.39 is 35.1 Å². The van der Waals surface area contributed by atoms with Crippen LogP contribution in [-0.2, 0) is 4.74 Å². The van der Waals surface area contributed by atoms with E-state index in [0.717, 1.165) is 32.2 Å². The van der Waals surface area contributed by atoms with Crippen LogP contribution in [0.4, 0.5) is 41.0 Å². The number of hydrogen-bond acceptors (Lipinski definition) is 11. The molecule has 7 heterocycles. The summed E-state index contributed by atoms with van der Waals surface area (Å²) in [6.07, 6.45) is 1.71. The summed E-state index contributed by atoms with van der Waals surface area (Å²) in [7, 11) is 1.60. The van der Waals surface area contributed by atoms with Crippen LogP contribution in [0.3, 0.4) is 0 Å². The molecule has 1 aromatic carbocycles. The lowest BCUT2D eigenvalue weighted by atomic mass is 9.95. The number of pyridine rings is 1. The van der Waals surface area contributed by atoms with Crippen LogP contribution in [0.1, 0.15) is 59.8 Å². The van der Waals surface area contributed by atoms with E-state index in [9.17, 15) is 13.6 Å². The fraction of sp³-hybridized carbons (Fsp3) is 0.600. The maximum Gasteiger partial charge on any atom is 0.410 e. The average Bonchev–Trinajstić information content (AvgIpc) is 3.66. The number of halogens is 3. The summed E-state index contributed by atoms with van der Waals surface area (Å²) in [6.45, 7) is 9.15. The Bertz CT molecular complexity index is 1860. The van der Waals surface area contributed by atoms with Crippen LogP contribution in [0.2, 0.25) is 0 Å². The molecule has 5 aliphatic rings. The van der Waals surface area contributed by atoms with Gasteiger partial charge >= 0.3 is 12.1 Å². The Kier molecular flexibility index (Phi) is 7.66. The van der Waals surface area contributed by atoms with Gasteiger partial charge in [0.2, 0.25) is 5.88 Å². The topological polar surface area (TPSA) is 122 Å². The Morgan fingerprint density at radius 1 is 1.18 bits per heavy atom. The van der Waals surface area contributed by atoms with Crippen molar-refractivity contribution < 1.29 is 32.2 Å². The number of aromatic nitrogens is 3. The number of rotatable bonds is 5. The van der Waals surface area contributed by atoms with Gasteiger partial charge in [0, 0.05) is 32.2 Å². The smallest absolute Gasteiger partial charge is 0.410 e. The van der Waals surface area contributed by atoms with Gasteiger partial charge in [0.05, 0.1) is 29.4 Å². The van der Waals surface area contributed by atoms with Crippen LogP contribution in [0.15, 0.2) is 18.2 Å². The second-order valence-corrected chi connectivity index (χ2v) is 15.4. The number of anilines is 4. The van der Waals surface area contributed by atoms with E-state index in [0.29, 0.717) is 31.0 Å². The van der Waals surface area contributed by atoms with E-state index >= 15 is 4.39 Å². The highest BCUT2D eigenvalue weighted by Gasteiger charge is 2.54. The first-order chi connectivity index (χ1) is 23.7. The molecule has 15 heteroatoms. The molecule has 4 saturated heterocycles. The first-order valence-corrected chi connectivity index (χ1v) is 17.4. The summed E-state index contributed by atoms with van der Waals surface area (Å²) >= 11 is 0. The summed E-state index contributed by atoms with van der Waals surface area (Å²) in [5.41, 5.74) is 4.96. The Labute approximate surface area is 288 Å². The average molecular weight is 697 g/mol. The first-order valence-electron chi connectivity index (χ1n) is 17.4. The number of nitrogens with zero attached hydrogens (tertiary/aromatic N) is 7. The summed E-state index contributed by atoms with van der Waals surface area (Å²) in [4.78, 5) is 35.2. The van der Waals surface area contributed by atoms with Crippen LogP contribution < -0.4 is 25.0 Å². The number of nitrogens with two attached hydrogens (primary N) is 1. The van der Waals surface area contributed by atoms with Gasteiger partial charge in [0.15, 0.2) is 11.6 Å². The minimum Gasteiger partial charge on any atom is -0.472 e. The fourth-order valence-corrected chi connectivity index (χ4v) is 8.80. The second kappa shape index (κ2) is 11.6. The molecule has 2 N–H and O–H groups in total. The summed E-state index contributed by atoms with van der Waals surface area (Å²) in [6, 6.07) is 3.22. The van der Waals surface area contributed by atoms with Gasteiger partial charge in [-0.3, -0.25) is 9.80 Å². The van der Waals surface area contributed by atoms with Crippen molar-refractivity contribution in [3.8, 4) is 11.9 Å². The zero-order valence-electron chi connectivity index (χ0n) is 29.0. The van der Waals surface area contributed by atoms with Crippen LogP contribution >= 0.6 is 0 Å². The van der Waals surface area contributed by atoms with Crippen molar-refractivity contribution in [2.45, 2.75) is 101 Å². The lowest BCUT2D eigenvalue weighted by Gasteiger charge is -2.48. The molecule has 1 unspecified atom stereocenters. The summed E-state index contributed by atoms with van der Waals surface area (Å²) in [5.74, 6) is -0.937. The summed E-state index contributed by atoms with van der Waals surface area (Å²) in [5, 5.41) is 0.287. The van der Waals surface area contributed by atoms with Crippen molar-refractivity contribution in [2.24, 2.45) is 0 Å². The Hall–Kier alpha value is -4.27. The van der Waals surface area contributed by atoms with Crippen LogP contribution in [-0.4, -0.2) is 106 Å². The number of carbonyl (C=O) groups excluding carboxylic acids is 1. The monoisotopic (exact) mass is 696 g/mol. The molecule has 4 fully saturated rings. The second-order valence-electron chi connectivity index (χ2n) is 15.4. The van der Waals surface area contributed by atoms with Crippen molar-refractivity contribution in [1.82, 2.24) is 24.8 Å². The SMILES string of the molecule is C[C@@H]1Oc2nc(N(C)c3ccc(F)c(N)c3)c(F)c3nc(OCC45CCCN4C[C@H](F)C5)nc(c23)N2C[C@H]3CC[C@@H]([C@@H]12)N3C(=O)OC(C)(C)C. The number of ether oxygens (including phenoxy) is 3. The minimum atomic E-state index is -0.943. The van der Waals surface area contributed by atoms with Crippen LogP contribution in [0, 0.1) is 11.6 Å². The molecule has 0 aliphatic carbocycles. The number of benzene rings is 1. The third-order valence-electron chi connectivity index (χ3n) is 11.0. The molecule has 3 aromatic rings. The van der Waals surface area contributed by atoms with E-state index in [1.165, 1.54) is 23.1 Å². The van der Waals surface area contributed by atoms with E-state index in [1.807, 2.05) is 32.6 Å². The maximum atomic E-state index is 16.9. The highest BCUT2D eigenvalue weighted by atomic mass is 19.1. The molecule has 0 spiro atoms. The third-order valence-corrected chi connectivity index (χ3v) is 11.0. The fourth-order valence-electron chi connectivity index (χ4n) is 8.80. The molecule has 50 heavy (non-hydrogen) atoms. The van der Waals surface area contributed by atoms with E-state index in [-0.39, 0.29) is 65.1 Å². The highest BCUT2D eigenvalue weighted by Crippen LogP contribution is 2.47. The molecule has 8 rings (SSSR count). The van der Waals surface area contributed by atoms with Crippen molar-refractivity contribution in [1.29, 1.82) is 0 Å². The quantitative estimate of drug-likeness (QED) is 0.348. The molecule has 2 aromatic heterocycles. The van der Waals surface area contributed by atoms with Crippen LogP contribution in [0.25, 0.3) is 10.9 Å². The molecule has 0 radical (unpaired) electrons. The number of amides is 1.